The largest absolute Gasteiger partial charge is 0.457 e. The topological polar surface area (TPSA) is 63.2 Å². The van der Waals surface area contributed by atoms with Crippen molar-refractivity contribution in [1.82, 2.24) is 10.3 Å². The second kappa shape index (κ2) is 8.70. The maximum absolute atomic E-state index is 12.5. The molecule has 1 amide bonds. The lowest BCUT2D eigenvalue weighted by molar-refractivity contribution is -0.141. The molecule has 0 aliphatic heterocycles. The summed E-state index contributed by atoms with van der Waals surface area (Å²) in [7, 11) is 0. The van der Waals surface area contributed by atoms with Gasteiger partial charge in [-0.1, -0.05) is 18.2 Å². The Labute approximate surface area is 169 Å². The number of thiocarbonyl (C=S) groups is 1. The predicted octanol–water partition coefficient (Wildman–Crippen LogP) is 5.02. The number of hydrogen-bond acceptors (Lipinski definition) is 4. The molecule has 9 heteroatoms. The molecule has 0 bridgehead atoms. The maximum Gasteiger partial charge on any atom is 0.433 e. The molecule has 0 saturated heterocycles. The van der Waals surface area contributed by atoms with Crippen LogP contribution in [0, 0.1) is 0 Å². The summed E-state index contributed by atoms with van der Waals surface area (Å²) >= 11 is 5.06. The number of amides is 1. The van der Waals surface area contributed by atoms with E-state index in [-0.39, 0.29) is 10.7 Å². The second-order valence-electron chi connectivity index (χ2n) is 5.78. The monoisotopic (exact) mass is 417 g/mol. The molecule has 0 spiro atoms. The summed E-state index contributed by atoms with van der Waals surface area (Å²) in [5.41, 5.74) is -0.525. The van der Waals surface area contributed by atoms with Crippen LogP contribution in [0.2, 0.25) is 0 Å². The van der Waals surface area contributed by atoms with E-state index < -0.39 is 17.8 Å². The number of rotatable bonds is 4. The van der Waals surface area contributed by atoms with Gasteiger partial charge in [-0.2, -0.15) is 13.2 Å². The third kappa shape index (κ3) is 5.76. The first-order chi connectivity index (χ1) is 13.8. The Bertz CT molecular complexity index is 992. The Morgan fingerprint density at radius 1 is 0.931 bits per heavy atom. The van der Waals surface area contributed by atoms with Gasteiger partial charge in [-0.05, 0) is 60.7 Å². The SMILES string of the molecule is O=C(NC(=S)Nc1ccc(Oc2ccccc2)cc1)c1ccc(C(F)(F)F)nc1. The van der Waals surface area contributed by atoms with E-state index >= 15 is 0 Å². The molecular weight excluding hydrogens is 403 g/mol. The van der Waals surface area contributed by atoms with Crippen molar-refractivity contribution in [1.29, 1.82) is 0 Å². The van der Waals surface area contributed by atoms with E-state index in [4.69, 9.17) is 17.0 Å². The number of carbonyl (C=O) groups excluding carboxylic acids is 1. The molecule has 3 aromatic rings. The first-order valence-electron chi connectivity index (χ1n) is 8.30. The van der Waals surface area contributed by atoms with Gasteiger partial charge in [0.1, 0.15) is 17.2 Å². The smallest absolute Gasteiger partial charge is 0.433 e. The van der Waals surface area contributed by atoms with Gasteiger partial charge >= 0.3 is 6.18 Å². The van der Waals surface area contributed by atoms with E-state index in [1.165, 1.54) is 0 Å². The number of carbonyl (C=O) groups is 1. The van der Waals surface area contributed by atoms with Crippen molar-refractivity contribution in [3.8, 4) is 11.5 Å². The van der Waals surface area contributed by atoms with Gasteiger partial charge in [0, 0.05) is 11.9 Å². The van der Waals surface area contributed by atoms with E-state index in [1.807, 2.05) is 30.3 Å². The Morgan fingerprint density at radius 2 is 1.59 bits per heavy atom. The number of alkyl halides is 3. The van der Waals surface area contributed by atoms with Gasteiger partial charge in [0.15, 0.2) is 5.11 Å². The van der Waals surface area contributed by atoms with Crippen molar-refractivity contribution in [2.24, 2.45) is 0 Å². The number of nitrogens with one attached hydrogen (secondary N) is 2. The quantitative estimate of drug-likeness (QED) is 0.584. The van der Waals surface area contributed by atoms with E-state index in [0.717, 1.165) is 18.3 Å². The van der Waals surface area contributed by atoms with Crippen LogP contribution < -0.4 is 15.4 Å². The molecule has 0 aliphatic carbocycles. The predicted molar refractivity (Wildman–Crippen MR) is 106 cm³/mol. The van der Waals surface area contributed by atoms with Crippen molar-refractivity contribution in [3.63, 3.8) is 0 Å². The molecule has 29 heavy (non-hydrogen) atoms. The van der Waals surface area contributed by atoms with E-state index in [9.17, 15) is 18.0 Å². The van der Waals surface area contributed by atoms with Gasteiger partial charge in [0.05, 0.1) is 5.56 Å². The van der Waals surface area contributed by atoms with Crippen LogP contribution in [0.5, 0.6) is 11.5 Å². The van der Waals surface area contributed by atoms with Crippen molar-refractivity contribution in [2.75, 3.05) is 5.32 Å². The van der Waals surface area contributed by atoms with Crippen LogP contribution in [0.1, 0.15) is 16.1 Å². The summed E-state index contributed by atoms with van der Waals surface area (Å²) in [5.74, 6) is 0.640. The molecular formula is C20H14F3N3O2S. The molecule has 1 aromatic heterocycles. The summed E-state index contributed by atoms with van der Waals surface area (Å²) in [6.07, 6.45) is -3.72. The zero-order valence-corrected chi connectivity index (χ0v) is 15.6. The third-order valence-corrected chi connectivity index (χ3v) is 3.84. The van der Waals surface area contributed by atoms with Crippen molar-refractivity contribution >= 4 is 28.9 Å². The summed E-state index contributed by atoms with van der Waals surface area (Å²) in [4.78, 5) is 15.3. The Morgan fingerprint density at radius 3 is 2.17 bits per heavy atom. The Kier molecular flexibility index (Phi) is 6.08. The van der Waals surface area contributed by atoms with Crippen LogP contribution in [-0.2, 0) is 6.18 Å². The molecule has 2 aromatic carbocycles. The molecule has 148 valence electrons. The van der Waals surface area contributed by atoms with Crippen LogP contribution in [0.4, 0.5) is 18.9 Å². The standard InChI is InChI=1S/C20H14F3N3O2S/c21-20(22,23)17-11-6-13(12-24-17)18(27)26-19(29)25-14-7-9-16(10-8-14)28-15-4-2-1-3-5-15/h1-12H,(H2,25,26,27,29). The summed E-state index contributed by atoms with van der Waals surface area (Å²) in [6, 6.07) is 17.9. The Hall–Kier alpha value is -3.46. The lowest BCUT2D eigenvalue weighted by atomic mass is 10.2. The molecule has 3 rings (SSSR count). The highest BCUT2D eigenvalue weighted by atomic mass is 32.1. The lowest BCUT2D eigenvalue weighted by Crippen LogP contribution is -2.34. The number of halogens is 3. The minimum absolute atomic E-state index is 0.00775. The van der Waals surface area contributed by atoms with Crippen LogP contribution >= 0.6 is 12.2 Å². The van der Waals surface area contributed by atoms with E-state index in [2.05, 4.69) is 15.6 Å². The van der Waals surface area contributed by atoms with Gasteiger partial charge in [0.2, 0.25) is 0 Å². The first-order valence-corrected chi connectivity index (χ1v) is 8.70. The molecule has 5 nitrogen and oxygen atoms in total. The number of anilines is 1. The lowest BCUT2D eigenvalue weighted by Gasteiger charge is -2.11. The minimum Gasteiger partial charge on any atom is -0.457 e. The van der Waals surface area contributed by atoms with Gasteiger partial charge in [0.25, 0.3) is 5.91 Å². The molecule has 0 atom stereocenters. The second-order valence-corrected chi connectivity index (χ2v) is 6.19. The van der Waals surface area contributed by atoms with Gasteiger partial charge in [-0.15, -0.1) is 0 Å². The number of para-hydroxylation sites is 1. The normalized spacial score (nSPS) is 10.9. The number of hydrogen-bond donors (Lipinski definition) is 2. The molecule has 0 saturated carbocycles. The van der Waals surface area contributed by atoms with Crippen LogP contribution in [0.3, 0.4) is 0 Å². The third-order valence-electron chi connectivity index (χ3n) is 3.63. The summed E-state index contributed by atoms with van der Waals surface area (Å²) in [5, 5.41) is 5.19. The fourth-order valence-electron chi connectivity index (χ4n) is 2.26. The fraction of sp³-hybridized carbons (Fsp3) is 0.0500. The summed E-state index contributed by atoms with van der Waals surface area (Å²) < 4.78 is 43.2. The molecule has 0 unspecified atom stereocenters. The van der Waals surface area contributed by atoms with Gasteiger partial charge in [-0.25, -0.2) is 0 Å². The number of ether oxygens (including phenoxy) is 1. The van der Waals surface area contributed by atoms with Gasteiger partial charge < -0.3 is 10.1 Å². The Balaban J connectivity index is 1.55. The zero-order chi connectivity index (χ0) is 20.9. The first kappa shape index (κ1) is 20.3. The van der Waals surface area contributed by atoms with E-state index in [0.29, 0.717) is 17.2 Å². The molecule has 0 fully saturated rings. The maximum atomic E-state index is 12.5. The molecule has 0 radical (unpaired) electrons. The molecule has 1 heterocycles. The van der Waals surface area contributed by atoms with Crippen molar-refractivity contribution in [2.45, 2.75) is 6.18 Å². The number of pyridine rings is 1. The van der Waals surface area contributed by atoms with Crippen LogP contribution in [-0.4, -0.2) is 16.0 Å². The highest BCUT2D eigenvalue weighted by Crippen LogP contribution is 2.27. The zero-order valence-electron chi connectivity index (χ0n) is 14.7. The number of benzene rings is 2. The highest BCUT2D eigenvalue weighted by molar-refractivity contribution is 7.80. The van der Waals surface area contributed by atoms with E-state index in [1.54, 1.807) is 24.3 Å². The van der Waals surface area contributed by atoms with Crippen molar-refractivity contribution in [3.05, 3.63) is 84.2 Å². The summed E-state index contributed by atoms with van der Waals surface area (Å²) in [6.45, 7) is 0. The van der Waals surface area contributed by atoms with Gasteiger partial charge in [-0.3, -0.25) is 15.1 Å². The van der Waals surface area contributed by atoms with Crippen LogP contribution in [0.15, 0.2) is 72.9 Å². The highest BCUT2D eigenvalue weighted by Gasteiger charge is 2.32. The van der Waals surface area contributed by atoms with Crippen LogP contribution in [0.25, 0.3) is 0 Å². The molecule has 0 aliphatic rings. The average molecular weight is 417 g/mol. The number of aromatic nitrogens is 1. The number of nitrogens with zero attached hydrogens (tertiary/aromatic N) is 1. The minimum atomic E-state index is -4.57. The molecule has 2 N–H and O–H groups in total. The fourth-order valence-corrected chi connectivity index (χ4v) is 2.47. The average Bonchev–Trinajstić information content (AvgIpc) is 2.69. The van der Waals surface area contributed by atoms with Crippen molar-refractivity contribution < 1.29 is 22.7 Å².